The summed E-state index contributed by atoms with van der Waals surface area (Å²) in [6.07, 6.45) is 11.2. The molecule has 0 aliphatic heterocycles. The Labute approximate surface area is 128 Å². The average Bonchev–Trinajstić information content (AvgIpc) is 2.85. The number of allylic oxidation sites excluding steroid dienone is 3. The summed E-state index contributed by atoms with van der Waals surface area (Å²) < 4.78 is 0. The summed E-state index contributed by atoms with van der Waals surface area (Å²) >= 11 is 0. The first-order valence-electron chi connectivity index (χ1n) is 8.76. The molecular weight excluding hydrogens is 256 g/mol. The van der Waals surface area contributed by atoms with Crippen LogP contribution in [0.5, 0.6) is 0 Å². The van der Waals surface area contributed by atoms with E-state index in [-0.39, 0.29) is 11.3 Å². The number of hydrogen-bond donors (Lipinski definition) is 0. The van der Waals surface area contributed by atoms with Gasteiger partial charge in [-0.15, -0.1) is 6.58 Å². The molecule has 0 heterocycles. The van der Waals surface area contributed by atoms with Crippen LogP contribution in [-0.2, 0) is 4.79 Å². The first-order valence-corrected chi connectivity index (χ1v) is 8.76. The first-order chi connectivity index (χ1) is 9.92. The minimum atomic E-state index is -0.0312. The van der Waals surface area contributed by atoms with Gasteiger partial charge in [0.25, 0.3) is 0 Å². The summed E-state index contributed by atoms with van der Waals surface area (Å²) in [6, 6.07) is 0. The van der Waals surface area contributed by atoms with E-state index < -0.39 is 0 Å². The molecular formula is C20H28O. The van der Waals surface area contributed by atoms with Crippen molar-refractivity contribution < 1.29 is 4.79 Å². The van der Waals surface area contributed by atoms with Crippen LogP contribution in [0.15, 0.2) is 24.8 Å². The van der Waals surface area contributed by atoms with Crippen molar-refractivity contribution in [1.29, 1.82) is 0 Å². The molecule has 2 bridgehead atoms. The fraction of sp³-hybridized carbons (Fsp3) is 0.750. The van der Waals surface area contributed by atoms with Gasteiger partial charge in [0.1, 0.15) is 5.78 Å². The largest absolute Gasteiger partial charge is 0.299 e. The van der Waals surface area contributed by atoms with Gasteiger partial charge in [-0.2, -0.15) is 0 Å². The van der Waals surface area contributed by atoms with Crippen LogP contribution >= 0.6 is 0 Å². The van der Waals surface area contributed by atoms with E-state index in [9.17, 15) is 4.79 Å². The molecule has 0 aromatic rings. The smallest absolute Gasteiger partial charge is 0.143 e. The molecule has 0 amide bonds. The van der Waals surface area contributed by atoms with Crippen molar-refractivity contribution in [3.05, 3.63) is 24.8 Å². The Morgan fingerprint density at radius 3 is 2.67 bits per heavy atom. The van der Waals surface area contributed by atoms with Crippen LogP contribution in [0.4, 0.5) is 0 Å². The summed E-state index contributed by atoms with van der Waals surface area (Å²) in [5.41, 5.74) is 0.337. The summed E-state index contributed by atoms with van der Waals surface area (Å²) in [4.78, 5) is 13.6. The zero-order valence-corrected chi connectivity index (χ0v) is 13.6. The highest BCUT2D eigenvalue weighted by Gasteiger charge is 2.69. The second-order valence-electron chi connectivity index (χ2n) is 8.82. The Morgan fingerprint density at radius 2 is 2.10 bits per heavy atom. The van der Waals surface area contributed by atoms with Crippen molar-refractivity contribution in [3.8, 4) is 0 Å². The third kappa shape index (κ3) is 1.56. The maximum absolute atomic E-state index is 13.6. The summed E-state index contributed by atoms with van der Waals surface area (Å²) in [5, 5.41) is 0. The molecule has 1 nitrogen and oxygen atoms in total. The van der Waals surface area contributed by atoms with Gasteiger partial charge in [0, 0.05) is 11.3 Å². The highest BCUT2D eigenvalue weighted by atomic mass is 16.1. The topological polar surface area (TPSA) is 17.1 Å². The van der Waals surface area contributed by atoms with Gasteiger partial charge in [-0.25, -0.2) is 0 Å². The number of carbonyl (C=O) groups excluding carboxylic acids is 1. The average molecular weight is 284 g/mol. The second kappa shape index (κ2) is 4.12. The molecule has 7 atom stereocenters. The molecule has 3 saturated carbocycles. The van der Waals surface area contributed by atoms with Gasteiger partial charge in [-0.1, -0.05) is 39.0 Å². The zero-order chi connectivity index (χ0) is 15.0. The van der Waals surface area contributed by atoms with Gasteiger partial charge in [-0.05, 0) is 60.7 Å². The maximum Gasteiger partial charge on any atom is 0.143 e. The van der Waals surface area contributed by atoms with Crippen molar-refractivity contribution in [3.63, 3.8) is 0 Å². The second-order valence-corrected chi connectivity index (χ2v) is 8.82. The molecule has 4 aliphatic rings. The van der Waals surface area contributed by atoms with Crippen LogP contribution in [-0.4, -0.2) is 5.78 Å². The van der Waals surface area contributed by atoms with E-state index in [1.807, 2.05) is 6.08 Å². The lowest BCUT2D eigenvalue weighted by molar-refractivity contribution is -0.138. The van der Waals surface area contributed by atoms with Crippen LogP contribution in [0.1, 0.15) is 46.5 Å². The number of ketones is 1. The zero-order valence-electron chi connectivity index (χ0n) is 13.6. The number of hydrogen-bond acceptors (Lipinski definition) is 1. The standard InChI is InChI=1S/C20H28O/c1-5-6-15-17-16(19(17,3)4)9-12(2)20(18(15)21)11-13-7-8-14(20)10-13/h5,7-8,12-17H,1,6,9-11H2,2-4H3/t12-,13+,14-,15+,16-,17+,20-/m1/s1. The molecule has 114 valence electrons. The van der Waals surface area contributed by atoms with E-state index >= 15 is 0 Å². The highest BCUT2D eigenvalue weighted by molar-refractivity contribution is 5.90. The molecule has 3 fully saturated rings. The van der Waals surface area contributed by atoms with Crippen LogP contribution in [0.25, 0.3) is 0 Å². The van der Waals surface area contributed by atoms with E-state index in [1.54, 1.807) is 0 Å². The predicted molar refractivity (Wildman–Crippen MR) is 85.6 cm³/mol. The maximum atomic E-state index is 13.6. The lowest BCUT2D eigenvalue weighted by atomic mass is 9.60. The van der Waals surface area contributed by atoms with Crippen molar-refractivity contribution in [2.45, 2.75) is 46.5 Å². The minimum absolute atomic E-state index is 0.0312. The van der Waals surface area contributed by atoms with Gasteiger partial charge in [0.05, 0.1) is 0 Å². The first kappa shape index (κ1) is 13.8. The lowest BCUT2D eigenvalue weighted by Crippen LogP contribution is -2.44. The van der Waals surface area contributed by atoms with Gasteiger partial charge in [0.2, 0.25) is 0 Å². The van der Waals surface area contributed by atoms with E-state index in [0.29, 0.717) is 34.9 Å². The number of rotatable bonds is 2. The van der Waals surface area contributed by atoms with Gasteiger partial charge in [0.15, 0.2) is 0 Å². The van der Waals surface area contributed by atoms with Crippen molar-refractivity contribution in [1.82, 2.24) is 0 Å². The summed E-state index contributed by atoms with van der Waals surface area (Å²) in [7, 11) is 0. The van der Waals surface area contributed by atoms with Crippen LogP contribution < -0.4 is 0 Å². The Balaban J connectivity index is 1.76. The van der Waals surface area contributed by atoms with Gasteiger partial charge >= 0.3 is 0 Å². The molecule has 0 aromatic heterocycles. The fourth-order valence-electron chi connectivity index (χ4n) is 6.55. The Hall–Kier alpha value is -0.850. The molecule has 0 unspecified atom stereocenters. The van der Waals surface area contributed by atoms with E-state index in [0.717, 1.165) is 18.8 Å². The molecule has 0 radical (unpaired) electrons. The van der Waals surface area contributed by atoms with Gasteiger partial charge in [-0.3, -0.25) is 4.79 Å². The van der Waals surface area contributed by atoms with Crippen LogP contribution in [0.3, 0.4) is 0 Å². The molecule has 4 aliphatic carbocycles. The van der Waals surface area contributed by atoms with Crippen LogP contribution in [0.2, 0.25) is 0 Å². The Morgan fingerprint density at radius 1 is 1.33 bits per heavy atom. The molecule has 0 saturated heterocycles. The molecule has 4 rings (SSSR count). The van der Waals surface area contributed by atoms with Crippen molar-refractivity contribution >= 4 is 5.78 Å². The van der Waals surface area contributed by atoms with E-state index in [4.69, 9.17) is 0 Å². The molecule has 1 heteroatoms. The van der Waals surface area contributed by atoms with E-state index in [1.165, 1.54) is 12.8 Å². The predicted octanol–water partition coefficient (Wildman–Crippen LogP) is 4.64. The Kier molecular flexibility index (Phi) is 2.70. The van der Waals surface area contributed by atoms with Crippen LogP contribution in [0, 0.1) is 46.3 Å². The minimum Gasteiger partial charge on any atom is -0.299 e. The van der Waals surface area contributed by atoms with Crippen molar-refractivity contribution in [2.75, 3.05) is 0 Å². The molecule has 21 heavy (non-hydrogen) atoms. The highest BCUT2D eigenvalue weighted by Crippen LogP contribution is 2.71. The monoisotopic (exact) mass is 284 g/mol. The third-order valence-electron chi connectivity index (χ3n) is 7.71. The number of carbonyl (C=O) groups is 1. The van der Waals surface area contributed by atoms with Crippen molar-refractivity contribution in [2.24, 2.45) is 46.3 Å². The van der Waals surface area contributed by atoms with Gasteiger partial charge < -0.3 is 0 Å². The number of Topliss-reactive ketones (excluding diaryl/α,β-unsaturated/α-hetero) is 1. The fourth-order valence-corrected chi connectivity index (χ4v) is 6.55. The molecule has 1 spiro atoms. The number of fused-ring (bicyclic) bond motifs is 4. The Bertz CT molecular complexity index is 528. The molecule has 0 aromatic carbocycles. The SMILES string of the molecule is C=CC[C@@H]1C(=O)[C@]2(C[C@H]3C=C[C@@H]2C3)[C@H](C)C[C@@H]2[C@H]1C2(C)C. The summed E-state index contributed by atoms with van der Waals surface area (Å²) in [5.74, 6) is 3.95. The normalized spacial score (nSPS) is 52.8. The molecule has 0 N–H and O–H groups in total. The lowest BCUT2D eigenvalue weighted by Gasteiger charge is -2.41. The van der Waals surface area contributed by atoms with E-state index in [2.05, 4.69) is 39.5 Å². The summed E-state index contributed by atoms with van der Waals surface area (Å²) in [6.45, 7) is 11.0. The third-order valence-corrected chi connectivity index (χ3v) is 7.71. The quantitative estimate of drug-likeness (QED) is 0.675.